The maximum atomic E-state index is 14.9. The minimum absolute atomic E-state index is 0.0322. The molecular weight excluding hydrogens is 623 g/mol. The van der Waals surface area contributed by atoms with Crippen LogP contribution in [0.1, 0.15) is 27.9 Å². The summed E-state index contributed by atoms with van der Waals surface area (Å²) in [5.41, 5.74) is 3.40. The summed E-state index contributed by atoms with van der Waals surface area (Å²) in [7, 11) is 1.38. The van der Waals surface area contributed by atoms with Gasteiger partial charge in [0.25, 0.3) is 5.91 Å². The van der Waals surface area contributed by atoms with Crippen LogP contribution in [0, 0.1) is 11.6 Å². The molecule has 4 aromatic rings. The third-order valence-electron chi connectivity index (χ3n) is 5.56. The Morgan fingerprint density at radius 1 is 1.10 bits per heavy atom. The number of carbonyl (C=O) groups is 2. The largest absolute Gasteiger partial charge is 0.474 e. The van der Waals surface area contributed by atoms with Gasteiger partial charge in [0, 0.05) is 18.8 Å². The van der Waals surface area contributed by atoms with Gasteiger partial charge < -0.3 is 19.6 Å². The maximum absolute atomic E-state index is 14.9. The van der Waals surface area contributed by atoms with E-state index in [1.54, 1.807) is 12.1 Å². The Morgan fingerprint density at radius 3 is 2.41 bits per heavy atom. The van der Waals surface area contributed by atoms with Crippen LogP contribution in [0.5, 0.6) is 5.75 Å². The van der Waals surface area contributed by atoms with Crippen molar-refractivity contribution in [3.05, 3.63) is 94.1 Å². The Morgan fingerprint density at radius 2 is 1.80 bits per heavy atom. The van der Waals surface area contributed by atoms with E-state index in [0.29, 0.717) is 0 Å². The second-order valence-electron chi connectivity index (χ2n) is 8.28. The van der Waals surface area contributed by atoms with Gasteiger partial charge in [0.2, 0.25) is 12.0 Å². The van der Waals surface area contributed by atoms with Crippen LogP contribution in [0.15, 0.2) is 69.9 Å². The summed E-state index contributed by atoms with van der Waals surface area (Å²) in [5.74, 6) is -4.75. The molecule has 2 aromatic carbocycles. The Bertz CT molecular complexity index is 1570. The summed E-state index contributed by atoms with van der Waals surface area (Å²) in [6.45, 7) is -0.641. The fourth-order valence-corrected chi connectivity index (χ4v) is 3.98. The molecule has 0 fully saturated rings. The molecule has 2 N–H and O–H groups in total. The monoisotopic (exact) mass is 640 g/mol. The molecule has 0 spiro atoms. The zero-order valence-corrected chi connectivity index (χ0v) is 22.4. The number of alkyl halides is 3. The van der Waals surface area contributed by atoms with Crippen molar-refractivity contribution >= 4 is 33.7 Å². The SMILES string of the molecule is CN(C(=O)OCC(Oc1ccc(F)c(C(N)=O)c1F)c1nc(-c2ccc(C(F)(F)F)cc2)c(Br)o1)c1ccccn1. The van der Waals surface area contributed by atoms with Crippen LogP contribution >= 0.6 is 15.9 Å². The number of ether oxygens (including phenoxy) is 2. The minimum Gasteiger partial charge on any atom is -0.474 e. The van der Waals surface area contributed by atoms with Gasteiger partial charge in [0.05, 0.1) is 5.56 Å². The number of oxazole rings is 1. The number of nitrogens with two attached hydrogens (primary N) is 1. The molecule has 41 heavy (non-hydrogen) atoms. The highest BCUT2D eigenvalue weighted by Crippen LogP contribution is 2.36. The Hall–Kier alpha value is -4.53. The first-order valence-electron chi connectivity index (χ1n) is 11.5. The van der Waals surface area contributed by atoms with E-state index in [-0.39, 0.29) is 27.6 Å². The third kappa shape index (κ3) is 6.62. The lowest BCUT2D eigenvalue weighted by Crippen LogP contribution is -2.30. The van der Waals surface area contributed by atoms with E-state index in [0.717, 1.165) is 41.3 Å². The van der Waals surface area contributed by atoms with Crippen molar-refractivity contribution < 1.29 is 45.4 Å². The van der Waals surface area contributed by atoms with Crippen LogP contribution < -0.4 is 15.4 Å². The number of hydrogen-bond donors (Lipinski definition) is 1. The van der Waals surface area contributed by atoms with Gasteiger partial charge >= 0.3 is 12.3 Å². The van der Waals surface area contributed by atoms with Gasteiger partial charge in [-0.2, -0.15) is 13.2 Å². The minimum atomic E-state index is -4.56. The number of pyridine rings is 1. The second-order valence-corrected chi connectivity index (χ2v) is 9.00. The van der Waals surface area contributed by atoms with E-state index in [9.17, 15) is 31.5 Å². The average Bonchev–Trinajstić information content (AvgIpc) is 3.32. The van der Waals surface area contributed by atoms with Crippen LogP contribution in [-0.2, 0) is 10.9 Å². The highest BCUT2D eigenvalue weighted by molar-refractivity contribution is 9.10. The summed E-state index contributed by atoms with van der Waals surface area (Å²) in [6.07, 6.45) is -5.50. The predicted molar refractivity (Wildman–Crippen MR) is 137 cm³/mol. The van der Waals surface area contributed by atoms with Crippen molar-refractivity contribution in [3.63, 3.8) is 0 Å². The van der Waals surface area contributed by atoms with E-state index in [4.69, 9.17) is 19.6 Å². The third-order valence-corrected chi connectivity index (χ3v) is 6.10. The van der Waals surface area contributed by atoms with E-state index in [1.807, 2.05) is 0 Å². The van der Waals surface area contributed by atoms with Gasteiger partial charge in [0.15, 0.2) is 16.2 Å². The molecule has 0 saturated heterocycles. The molecular formula is C26H18BrF5N4O5. The van der Waals surface area contributed by atoms with Crippen molar-refractivity contribution in [3.8, 4) is 17.0 Å². The van der Waals surface area contributed by atoms with E-state index < -0.39 is 59.4 Å². The molecule has 0 aliphatic rings. The fraction of sp³-hybridized carbons (Fsp3) is 0.154. The van der Waals surface area contributed by atoms with E-state index in [2.05, 4.69) is 25.9 Å². The van der Waals surface area contributed by atoms with Crippen molar-refractivity contribution in [1.82, 2.24) is 9.97 Å². The molecule has 0 radical (unpaired) electrons. The van der Waals surface area contributed by atoms with Crippen molar-refractivity contribution in [2.75, 3.05) is 18.6 Å². The standard InChI is InChI=1S/C26H18BrF5N4O5/c1-36(18-4-2-3-11-34-18)25(38)39-12-17(40-16-10-9-15(28)19(20(16)29)23(33)37)24-35-21(22(27)41-24)13-5-7-14(8-6-13)26(30,31)32/h2-11,17H,12H2,1H3,(H2,33,37). The summed E-state index contributed by atoms with van der Waals surface area (Å²) >= 11 is 3.14. The Balaban J connectivity index is 1.66. The maximum Gasteiger partial charge on any atom is 0.416 e. The predicted octanol–water partition coefficient (Wildman–Crippen LogP) is 6.29. The zero-order chi connectivity index (χ0) is 29.9. The van der Waals surface area contributed by atoms with Crippen molar-refractivity contribution in [1.29, 1.82) is 0 Å². The van der Waals surface area contributed by atoms with Crippen LogP contribution in [0.4, 0.5) is 32.6 Å². The molecule has 2 amide bonds. The van der Waals surface area contributed by atoms with Gasteiger partial charge in [0.1, 0.15) is 29.5 Å². The lowest BCUT2D eigenvalue weighted by molar-refractivity contribution is -0.137. The topological polar surface area (TPSA) is 121 Å². The fourth-order valence-electron chi connectivity index (χ4n) is 3.50. The molecule has 1 unspecified atom stereocenters. The number of halogens is 6. The molecule has 9 nitrogen and oxygen atoms in total. The molecule has 0 saturated carbocycles. The van der Waals surface area contributed by atoms with Crippen LogP contribution in [0.25, 0.3) is 11.3 Å². The summed E-state index contributed by atoms with van der Waals surface area (Å²) < 4.78 is 84.3. The number of aromatic nitrogens is 2. The van der Waals surface area contributed by atoms with Gasteiger partial charge in [-0.15, -0.1) is 0 Å². The molecule has 4 rings (SSSR count). The number of carbonyl (C=O) groups excluding carboxylic acids is 2. The van der Waals surface area contributed by atoms with Gasteiger partial charge in [-0.3, -0.25) is 9.69 Å². The lowest BCUT2D eigenvalue weighted by atomic mass is 10.1. The molecule has 0 aliphatic carbocycles. The van der Waals surface area contributed by atoms with Crippen molar-refractivity contribution in [2.45, 2.75) is 12.3 Å². The van der Waals surface area contributed by atoms with Gasteiger partial charge in [-0.25, -0.2) is 23.5 Å². The quantitative estimate of drug-likeness (QED) is 0.225. The lowest BCUT2D eigenvalue weighted by Gasteiger charge is -2.20. The summed E-state index contributed by atoms with van der Waals surface area (Å²) in [4.78, 5) is 33.6. The van der Waals surface area contributed by atoms with Gasteiger partial charge in [-0.05, 0) is 52.3 Å². The first-order valence-corrected chi connectivity index (χ1v) is 12.3. The van der Waals surface area contributed by atoms with Crippen LogP contribution in [0.3, 0.4) is 0 Å². The number of nitrogens with zero attached hydrogens (tertiary/aromatic N) is 3. The smallest absolute Gasteiger partial charge is 0.416 e. The van der Waals surface area contributed by atoms with Crippen molar-refractivity contribution in [2.24, 2.45) is 5.73 Å². The number of anilines is 1. The van der Waals surface area contributed by atoms with E-state index in [1.165, 1.54) is 19.3 Å². The number of amides is 2. The highest BCUT2D eigenvalue weighted by atomic mass is 79.9. The first-order chi connectivity index (χ1) is 19.4. The Labute approximate surface area is 236 Å². The first kappa shape index (κ1) is 29.5. The molecule has 2 heterocycles. The molecule has 214 valence electrons. The second kappa shape index (κ2) is 11.9. The van der Waals surface area contributed by atoms with Crippen LogP contribution in [0.2, 0.25) is 0 Å². The number of rotatable bonds is 8. The normalized spacial score (nSPS) is 12.1. The molecule has 0 bridgehead atoms. The van der Waals surface area contributed by atoms with Gasteiger partial charge in [-0.1, -0.05) is 18.2 Å². The van der Waals surface area contributed by atoms with E-state index >= 15 is 0 Å². The number of primary amides is 1. The van der Waals surface area contributed by atoms with Crippen LogP contribution in [-0.4, -0.2) is 35.6 Å². The highest BCUT2D eigenvalue weighted by Gasteiger charge is 2.31. The number of benzene rings is 2. The summed E-state index contributed by atoms with van der Waals surface area (Å²) in [6, 6.07) is 10.4. The zero-order valence-electron chi connectivity index (χ0n) is 20.8. The number of hydrogen-bond acceptors (Lipinski definition) is 7. The Kier molecular flexibility index (Phi) is 8.56. The molecule has 0 aliphatic heterocycles. The molecule has 1 atom stereocenters. The molecule has 15 heteroatoms. The average molecular weight is 641 g/mol. The summed E-state index contributed by atoms with van der Waals surface area (Å²) in [5, 5.41) is 0. The molecule has 2 aromatic heterocycles.